The van der Waals surface area contributed by atoms with Crippen LogP contribution in [0.2, 0.25) is 0 Å². The summed E-state index contributed by atoms with van der Waals surface area (Å²) in [7, 11) is -3.08. The molecule has 174 valence electrons. The van der Waals surface area contributed by atoms with E-state index in [1.54, 1.807) is 17.0 Å². The summed E-state index contributed by atoms with van der Waals surface area (Å²) in [6.07, 6.45) is 0.478. The lowest BCUT2D eigenvalue weighted by molar-refractivity contribution is -0.129. The lowest BCUT2D eigenvalue weighted by atomic mass is 10.2. The normalized spacial score (nSPS) is 17.2. The van der Waals surface area contributed by atoms with Gasteiger partial charge in [-0.05, 0) is 43.2 Å². The second-order valence-corrected chi connectivity index (χ2v) is 11.1. The fourth-order valence-corrected chi connectivity index (χ4v) is 6.54. The molecule has 1 aliphatic rings. The quantitative estimate of drug-likeness (QED) is 0.453. The Morgan fingerprint density at radius 1 is 1.15 bits per heavy atom. The van der Waals surface area contributed by atoms with E-state index in [1.165, 1.54) is 23.9 Å². The monoisotopic (exact) mass is 488 g/mol. The van der Waals surface area contributed by atoms with Gasteiger partial charge >= 0.3 is 0 Å². The van der Waals surface area contributed by atoms with Crippen LogP contribution in [-0.2, 0) is 21.2 Å². The molecule has 1 atom stereocenters. The molecule has 10 heteroatoms. The maximum atomic E-state index is 13.4. The smallest absolute Gasteiger partial charge is 0.233 e. The first-order valence-corrected chi connectivity index (χ1v) is 13.5. The molecule has 2 aromatic carbocycles. The Morgan fingerprint density at radius 3 is 2.52 bits per heavy atom. The molecule has 0 saturated carbocycles. The van der Waals surface area contributed by atoms with Gasteiger partial charge in [0.25, 0.3) is 0 Å². The van der Waals surface area contributed by atoms with Gasteiger partial charge in [-0.15, -0.1) is 10.2 Å². The first kappa shape index (κ1) is 23.4. The zero-order valence-electron chi connectivity index (χ0n) is 18.2. The molecule has 0 bridgehead atoms. The van der Waals surface area contributed by atoms with Gasteiger partial charge in [0.2, 0.25) is 5.91 Å². The van der Waals surface area contributed by atoms with Gasteiger partial charge in [-0.1, -0.05) is 42.1 Å². The van der Waals surface area contributed by atoms with E-state index in [9.17, 15) is 17.6 Å². The summed E-state index contributed by atoms with van der Waals surface area (Å²) in [6, 6.07) is 15.6. The van der Waals surface area contributed by atoms with Crippen LogP contribution in [0.4, 0.5) is 4.39 Å². The van der Waals surface area contributed by atoms with Crippen LogP contribution in [0.15, 0.2) is 59.8 Å². The highest BCUT2D eigenvalue weighted by Gasteiger charge is 2.34. The Hall–Kier alpha value is -2.72. The van der Waals surface area contributed by atoms with E-state index in [-0.39, 0.29) is 35.0 Å². The third kappa shape index (κ3) is 5.62. The lowest BCUT2D eigenvalue weighted by Crippen LogP contribution is -2.42. The van der Waals surface area contributed by atoms with E-state index in [1.807, 2.05) is 41.8 Å². The molecule has 0 spiro atoms. The maximum Gasteiger partial charge on any atom is 0.233 e. The highest BCUT2D eigenvalue weighted by Crippen LogP contribution is 2.26. The Bertz CT molecular complexity index is 1210. The number of amides is 1. The molecular formula is C23H25FN4O3S2. The summed E-state index contributed by atoms with van der Waals surface area (Å²) in [5.41, 5.74) is 1.77. The molecule has 0 aliphatic carbocycles. The summed E-state index contributed by atoms with van der Waals surface area (Å²) in [5.74, 6) is 0.407. The van der Waals surface area contributed by atoms with Crippen LogP contribution in [0.25, 0.3) is 11.4 Å². The number of carbonyl (C=O) groups excluding carboxylic acids is 1. The van der Waals surface area contributed by atoms with Crippen molar-refractivity contribution in [2.24, 2.45) is 0 Å². The molecule has 1 fully saturated rings. The Morgan fingerprint density at radius 2 is 1.88 bits per heavy atom. The minimum absolute atomic E-state index is 0.0240. The molecule has 0 unspecified atom stereocenters. The fourth-order valence-electron chi connectivity index (χ4n) is 3.99. The van der Waals surface area contributed by atoms with Crippen LogP contribution in [0.3, 0.4) is 0 Å². The molecule has 2 heterocycles. The predicted octanol–water partition coefficient (Wildman–Crippen LogP) is 3.26. The van der Waals surface area contributed by atoms with E-state index in [0.717, 1.165) is 11.1 Å². The van der Waals surface area contributed by atoms with Crippen LogP contribution in [0.1, 0.15) is 18.9 Å². The van der Waals surface area contributed by atoms with E-state index >= 15 is 0 Å². The van der Waals surface area contributed by atoms with Crippen molar-refractivity contribution in [1.82, 2.24) is 19.7 Å². The van der Waals surface area contributed by atoms with Crippen LogP contribution < -0.4 is 0 Å². The van der Waals surface area contributed by atoms with E-state index in [0.29, 0.717) is 30.5 Å². The molecule has 7 nitrogen and oxygen atoms in total. The molecule has 0 radical (unpaired) electrons. The third-order valence-electron chi connectivity index (χ3n) is 5.64. The molecule has 3 aromatic rings. The van der Waals surface area contributed by atoms with Crippen LogP contribution >= 0.6 is 11.8 Å². The molecule has 4 rings (SSSR count). The number of rotatable bonds is 8. The van der Waals surface area contributed by atoms with Crippen molar-refractivity contribution in [1.29, 1.82) is 0 Å². The van der Waals surface area contributed by atoms with Crippen LogP contribution in [0, 0.1) is 5.82 Å². The topological polar surface area (TPSA) is 85.2 Å². The SMILES string of the molecule is CCN(C(=O)CSc1nnc(-c2ccc(F)cc2)n1Cc1ccccc1)[C@H]1CCS(=O)(=O)C1. The van der Waals surface area contributed by atoms with E-state index < -0.39 is 9.84 Å². The number of sulfone groups is 1. The van der Waals surface area contributed by atoms with Crippen molar-refractivity contribution in [3.05, 3.63) is 66.0 Å². The molecule has 1 amide bonds. The predicted molar refractivity (Wildman–Crippen MR) is 126 cm³/mol. The summed E-state index contributed by atoms with van der Waals surface area (Å²) in [4.78, 5) is 14.6. The summed E-state index contributed by atoms with van der Waals surface area (Å²) >= 11 is 1.27. The van der Waals surface area contributed by atoms with Crippen LogP contribution in [-0.4, -0.2) is 63.8 Å². The van der Waals surface area contributed by atoms with Gasteiger partial charge in [-0.25, -0.2) is 12.8 Å². The Balaban J connectivity index is 1.55. The first-order valence-electron chi connectivity index (χ1n) is 10.7. The zero-order valence-corrected chi connectivity index (χ0v) is 19.9. The zero-order chi connectivity index (χ0) is 23.4. The van der Waals surface area contributed by atoms with Crippen molar-refractivity contribution < 1.29 is 17.6 Å². The minimum Gasteiger partial charge on any atom is -0.338 e. The average molecular weight is 489 g/mol. The fraction of sp³-hybridized carbons (Fsp3) is 0.348. The molecule has 1 saturated heterocycles. The molecule has 1 aliphatic heterocycles. The molecule has 1 aromatic heterocycles. The number of nitrogens with zero attached hydrogens (tertiary/aromatic N) is 4. The minimum atomic E-state index is -3.08. The summed E-state index contributed by atoms with van der Waals surface area (Å²) in [5, 5.41) is 9.19. The first-order chi connectivity index (χ1) is 15.9. The summed E-state index contributed by atoms with van der Waals surface area (Å²) in [6.45, 7) is 2.81. The standard InChI is InChI=1S/C23H25FN4O3S2/c1-2-27(20-12-13-33(30,31)16-20)21(29)15-32-23-26-25-22(18-8-10-19(24)11-9-18)28(23)14-17-6-4-3-5-7-17/h3-11,20H,2,12-16H2,1H3/t20-/m0/s1. The van der Waals surface area contributed by atoms with Crippen molar-refractivity contribution in [2.45, 2.75) is 31.1 Å². The number of thioether (sulfide) groups is 1. The average Bonchev–Trinajstić information content (AvgIpc) is 3.36. The van der Waals surface area contributed by atoms with Gasteiger partial charge in [-0.2, -0.15) is 0 Å². The highest BCUT2D eigenvalue weighted by atomic mass is 32.2. The molecule has 33 heavy (non-hydrogen) atoms. The van der Waals surface area contributed by atoms with Gasteiger partial charge in [-0.3, -0.25) is 9.36 Å². The maximum absolute atomic E-state index is 13.4. The Kier molecular flexibility index (Phi) is 7.14. The Labute approximate surface area is 196 Å². The number of halogens is 1. The van der Waals surface area contributed by atoms with Crippen molar-refractivity contribution >= 4 is 27.5 Å². The number of hydrogen-bond donors (Lipinski definition) is 0. The number of hydrogen-bond acceptors (Lipinski definition) is 6. The van der Waals surface area contributed by atoms with Gasteiger partial charge in [0.15, 0.2) is 20.8 Å². The third-order valence-corrected chi connectivity index (χ3v) is 8.34. The number of aromatic nitrogens is 3. The lowest BCUT2D eigenvalue weighted by Gasteiger charge is -2.26. The van der Waals surface area contributed by atoms with Crippen LogP contribution in [0.5, 0.6) is 0 Å². The van der Waals surface area contributed by atoms with Gasteiger partial charge in [0, 0.05) is 18.2 Å². The van der Waals surface area contributed by atoms with E-state index in [4.69, 9.17) is 0 Å². The second-order valence-electron chi connectivity index (χ2n) is 7.91. The number of benzene rings is 2. The van der Waals surface area contributed by atoms with Crippen molar-refractivity contribution in [2.75, 3.05) is 23.8 Å². The largest absolute Gasteiger partial charge is 0.338 e. The van der Waals surface area contributed by atoms with Gasteiger partial charge < -0.3 is 4.90 Å². The van der Waals surface area contributed by atoms with Crippen molar-refractivity contribution in [3.8, 4) is 11.4 Å². The van der Waals surface area contributed by atoms with Gasteiger partial charge in [0.05, 0.1) is 23.8 Å². The van der Waals surface area contributed by atoms with E-state index in [2.05, 4.69) is 10.2 Å². The molecular weight excluding hydrogens is 463 g/mol. The highest BCUT2D eigenvalue weighted by molar-refractivity contribution is 7.99. The van der Waals surface area contributed by atoms with Gasteiger partial charge in [0.1, 0.15) is 5.82 Å². The van der Waals surface area contributed by atoms with Crippen molar-refractivity contribution in [3.63, 3.8) is 0 Å². The second kappa shape index (κ2) is 10.0. The summed E-state index contributed by atoms with van der Waals surface area (Å²) < 4.78 is 39.0. The number of carbonyl (C=O) groups is 1. The molecule has 0 N–H and O–H groups in total.